The number of nitrogens with two attached hydrogens (primary N) is 2. The number of nitrogens with one attached hydrogen (secondary N) is 1. The van der Waals surface area contributed by atoms with Gasteiger partial charge in [-0.2, -0.15) is 0 Å². The predicted octanol–water partition coefficient (Wildman–Crippen LogP) is 1.66. The second-order valence-electron chi connectivity index (χ2n) is 9.47. The largest absolute Gasteiger partial charge is 0.369 e. The molecule has 0 aliphatic carbocycles. The van der Waals surface area contributed by atoms with Gasteiger partial charge in [-0.1, -0.05) is 12.1 Å². The number of benzene rings is 2. The molecule has 0 radical (unpaired) electrons. The minimum Gasteiger partial charge on any atom is -0.369 e. The van der Waals surface area contributed by atoms with Crippen molar-refractivity contribution in [2.45, 2.75) is 25.3 Å². The zero-order chi connectivity index (χ0) is 23.1. The third kappa shape index (κ3) is 4.16. The molecule has 2 aliphatic rings. The van der Waals surface area contributed by atoms with E-state index in [0.29, 0.717) is 5.56 Å². The van der Waals surface area contributed by atoms with Crippen LogP contribution in [0, 0.1) is 0 Å². The van der Waals surface area contributed by atoms with Crippen LogP contribution in [0.4, 0.5) is 5.69 Å². The number of H-pyrrole nitrogens is 1. The first-order chi connectivity index (χ1) is 15.9. The van der Waals surface area contributed by atoms with Crippen molar-refractivity contribution in [1.29, 1.82) is 0 Å². The lowest BCUT2D eigenvalue weighted by Gasteiger charge is -2.33. The highest BCUT2D eigenvalue weighted by Crippen LogP contribution is 2.37. The average molecular weight is 449 g/mol. The van der Waals surface area contributed by atoms with Gasteiger partial charge < -0.3 is 31.2 Å². The van der Waals surface area contributed by atoms with Gasteiger partial charge in [-0.25, -0.2) is 0 Å². The van der Waals surface area contributed by atoms with E-state index in [1.54, 1.807) is 0 Å². The minimum absolute atomic E-state index is 0.0586. The van der Waals surface area contributed by atoms with Crippen LogP contribution in [-0.4, -0.2) is 79.0 Å². The van der Waals surface area contributed by atoms with Crippen LogP contribution in [0.15, 0.2) is 30.3 Å². The number of piperidine rings is 1. The van der Waals surface area contributed by atoms with Crippen molar-refractivity contribution < 1.29 is 9.59 Å². The number of primary amides is 1. The third-order valence-corrected chi connectivity index (χ3v) is 7.02. The highest BCUT2D eigenvalue weighted by molar-refractivity contribution is 6.16. The Morgan fingerprint density at radius 1 is 1.09 bits per heavy atom. The highest BCUT2D eigenvalue weighted by Gasteiger charge is 2.24. The van der Waals surface area contributed by atoms with Gasteiger partial charge in [-0.3, -0.25) is 9.59 Å². The molecule has 1 aromatic heterocycles. The normalized spacial score (nSPS) is 20.0. The number of anilines is 1. The van der Waals surface area contributed by atoms with Crippen molar-refractivity contribution in [3.63, 3.8) is 0 Å². The van der Waals surface area contributed by atoms with Gasteiger partial charge in [0.25, 0.3) is 5.91 Å². The summed E-state index contributed by atoms with van der Waals surface area (Å²) in [5.74, 6) is -0.308. The van der Waals surface area contributed by atoms with Crippen molar-refractivity contribution in [3.8, 4) is 0 Å². The lowest BCUT2D eigenvalue weighted by atomic mass is 10.0. The van der Waals surface area contributed by atoms with E-state index in [1.807, 2.05) is 29.2 Å². The zero-order valence-electron chi connectivity index (χ0n) is 19.1. The number of amides is 2. The molecule has 0 unspecified atom stereocenters. The molecule has 3 heterocycles. The van der Waals surface area contributed by atoms with E-state index in [4.69, 9.17) is 11.5 Å². The molecule has 174 valence electrons. The number of rotatable bonds is 4. The average Bonchev–Trinajstić information content (AvgIpc) is 3.18. The molecule has 8 nitrogen and oxygen atoms in total. The van der Waals surface area contributed by atoms with E-state index >= 15 is 0 Å². The first-order valence-corrected chi connectivity index (χ1v) is 11.7. The molecule has 5 N–H and O–H groups in total. The van der Waals surface area contributed by atoms with E-state index in [2.05, 4.69) is 27.9 Å². The zero-order valence-corrected chi connectivity index (χ0v) is 19.1. The number of likely N-dealkylation sites (N-methyl/N-ethyl adjacent to an activating group) is 1. The van der Waals surface area contributed by atoms with Crippen LogP contribution in [0.3, 0.4) is 0 Å². The second kappa shape index (κ2) is 8.68. The summed E-state index contributed by atoms with van der Waals surface area (Å²) in [6.07, 6.45) is 2.25. The summed E-state index contributed by atoms with van der Waals surface area (Å²) in [7, 11) is 2.08. The number of carbonyl (C=O) groups is 2. The molecule has 3 aromatic rings. The number of fused-ring (bicyclic) bond motifs is 3. The fourth-order valence-corrected chi connectivity index (χ4v) is 5.20. The summed E-state index contributed by atoms with van der Waals surface area (Å²) < 4.78 is 0. The van der Waals surface area contributed by atoms with Gasteiger partial charge in [-0.15, -0.1) is 0 Å². The number of aromatic amines is 1. The van der Waals surface area contributed by atoms with Gasteiger partial charge in [-0.05, 0) is 43.7 Å². The molecule has 0 saturated carbocycles. The summed E-state index contributed by atoms with van der Waals surface area (Å²) in [5.41, 5.74) is 16.3. The van der Waals surface area contributed by atoms with Crippen LogP contribution in [0.2, 0.25) is 0 Å². The molecule has 0 spiro atoms. The summed E-state index contributed by atoms with van der Waals surface area (Å²) in [6, 6.07) is 10.1. The summed E-state index contributed by atoms with van der Waals surface area (Å²) in [5, 5.41) is 2.11. The molecule has 33 heavy (non-hydrogen) atoms. The van der Waals surface area contributed by atoms with Crippen molar-refractivity contribution in [3.05, 3.63) is 41.5 Å². The fourth-order valence-electron chi connectivity index (χ4n) is 5.20. The Labute approximate surface area is 193 Å². The Morgan fingerprint density at radius 2 is 1.88 bits per heavy atom. The predicted molar refractivity (Wildman–Crippen MR) is 132 cm³/mol. The molecule has 2 aliphatic heterocycles. The molecular formula is C25H32N6O2. The van der Waals surface area contributed by atoms with Gasteiger partial charge in [0.15, 0.2) is 0 Å². The lowest BCUT2D eigenvalue weighted by Crippen LogP contribution is -2.47. The van der Waals surface area contributed by atoms with Crippen molar-refractivity contribution in [2.24, 2.45) is 11.5 Å². The van der Waals surface area contributed by atoms with Crippen LogP contribution in [0.1, 0.15) is 28.8 Å². The Morgan fingerprint density at radius 3 is 2.61 bits per heavy atom. The lowest BCUT2D eigenvalue weighted by molar-refractivity contribution is -0.117. The van der Waals surface area contributed by atoms with Crippen molar-refractivity contribution >= 4 is 39.3 Å². The molecule has 8 heteroatoms. The highest BCUT2D eigenvalue weighted by atomic mass is 16.2. The van der Waals surface area contributed by atoms with Gasteiger partial charge in [0.2, 0.25) is 5.91 Å². The Kier molecular flexibility index (Phi) is 5.72. The second-order valence-corrected chi connectivity index (χ2v) is 9.47. The van der Waals surface area contributed by atoms with E-state index in [0.717, 1.165) is 85.2 Å². The number of hydrogen-bond donors (Lipinski definition) is 3. The molecule has 0 bridgehead atoms. The van der Waals surface area contributed by atoms with E-state index < -0.39 is 0 Å². The Hall–Kier alpha value is -3.10. The SMILES string of the molecule is CN1CCN(C(=O)c2ccc3c(c2)[nH]c2c(CC(N)=O)ccc(N4CCC[C@@H](N)C4)c23)CC1. The summed E-state index contributed by atoms with van der Waals surface area (Å²) >= 11 is 0. The number of nitrogens with zero attached hydrogens (tertiary/aromatic N) is 3. The van der Waals surface area contributed by atoms with Gasteiger partial charge >= 0.3 is 0 Å². The number of carbonyl (C=O) groups excluding carboxylic acids is 2. The van der Waals surface area contributed by atoms with Gasteiger partial charge in [0.1, 0.15) is 0 Å². The monoisotopic (exact) mass is 448 g/mol. The number of piperazine rings is 1. The first-order valence-electron chi connectivity index (χ1n) is 11.7. The van der Waals surface area contributed by atoms with Crippen LogP contribution < -0.4 is 16.4 Å². The van der Waals surface area contributed by atoms with E-state index in [-0.39, 0.29) is 24.3 Å². The minimum atomic E-state index is -0.367. The van der Waals surface area contributed by atoms with Crippen molar-refractivity contribution in [2.75, 3.05) is 51.2 Å². The Bertz CT molecular complexity index is 1210. The Balaban J connectivity index is 1.59. The molecule has 2 amide bonds. The maximum Gasteiger partial charge on any atom is 0.254 e. The molecule has 5 rings (SSSR count). The number of aromatic nitrogens is 1. The van der Waals surface area contributed by atoms with Gasteiger partial charge in [0.05, 0.1) is 11.9 Å². The molecule has 2 fully saturated rings. The quantitative estimate of drug-likeness (QED) is 0.562. The fraction of sp³-hybridized carbons (Fsp3) is 0.440. The van der Waals surface area contributed by atoms with Crippen LogP contribution >= 0.6 is 0 Å². The molecular weight excluding hydrogens is 416 g/mol. The molecule has 2 aromatic carbocycles. The summed E-state index contributed by atoms with van der Waals surface area (Å²) in [6.45, 7) is 5.00. The van der Waals surface area contributed by atoms with E-state index in [1.165, 1.54) is 0 Å². The molecule has 1 atom stereocenters. The maximum absolute atomic E-state index is 13.1. The van der Waals surface area contributed by atoms with Crippen LogP contribution in [0.25, 0.3) is 21.8 Å². The summed E-state index contributed by atoms with van der Waals surface area (Å²) in [4.78, 5) is 34.9. The van der Waals surface area contributed by atoms with Crippen molar-refractivity contribution in [1.82, 2.24) is 14.8 Å². The van der Waals surface area contributed by atoms with E-state index in [9.17, 15) is 9.59 Å². The smallest absolute Gasteiger partial charge is 0.254 e. The topological polar surface area (TPSA) is 112 Å². The van der Waals surface area contributed by atoms with Gasteiger partial charge in [0, 0.05) is 72.9 Å². The maximum atomic E-state index is 13.1. The standard InChI is InChI=1S/C25H32N6O2/c1-29-9-11-30(12-10-29)25(33)17-4-6-19-20(13-17)28-24-16(14-22(27)32)5-7-21(23(19)24)31-8-2-3-18(26)15-31/h4-7,13,18,28H,2-3,8-12,14-15,26H2,1H3,(H2,27,32)/t18-/m1/s1. The van der Waals surface area contributed by atoms with Crippen LogP contribution in [0.5, 0.6) is 0 Å². The van der Waals surface area contributed by atoms with Crippen LogP contribution in [-0.2, 0) is 11.2 Å². The number of hydrogen-bond acceptors (Lipinski definition) is 5. The molecule has 2 saturated heterocycles. The first kappa shape index (κ1) is 21.7. The third-order valence-electron chi connectivity index (χ3n) is 7.02.